The average Bonchev–Trinajstić information content (AvgIpc) is 2.44. The molecule has 0 heterocycles. The Morgan fingerprint density at radius 2 is 2.00 bits per heavy atom. The van der Waals surface area contributed by atoms with E-state index in [2.05, 4.69) is 11.9 Å². The molecule has 1 unspecified atom stereocenters. The summed E-state index contributed by atoms with van der Waals surface area (Å²) in [6.07, 6.45) is 6.73. The van der Waals surface area contributed by atoms with Crippen LogP contribution in [0.5, 0.6) is 0 Å². The molecule has 0 aromatic heterocycles. The summed E-state index contributed by atoms with van der Waals surface area (Å²) in [6, 6.07) is 5.13. The molecule has 1 fully saturated rings. The predicted molar refractivity (Wildman–Crippen MR) is 82.1 cm³/mol. The summed E-state index contributed by atoms with van der Waals surface area (Å²) in [6.45, 7) is 3.64. The van der Waals surface area contributed by atoms with Crippen molar-refractivity contribution in [1.82, 2.24) is 4.90 Å². The third kappa shape index (κ3) is 3.80. The van der Waals surface area contributed by atoms with Crippen molar-refractivity contribution in [2.75, 3.05) is 20.1 Å². The second-order valence-electron chi connectivity index (χ2n) is 6.20. The molecule has 1 aromatic carbocycles. The van der Waals surface area contributed by atoms with Gasteiger partial charge in [0.15, 0.2) is 0 Å². The predicted octanol–water partition coefficient (Wildman–Crippen LogP) is 3.65. The molecule has 112 valence electrons. The van der Waals surface area contributed by atoms with Crippen LogP contribution in [0.15, 0.2) is 18.2 Å². The highest BCUT2D eigenvalue weighted by Gasteiger charge is 2.22. The summed E-state index contributed by atoms with van der Waals surface area (Å²) in [7, 11) is 2.12. The highest BCUT2D eigenvalue weighted by molar-refractivity contribution is 5.30. The fourth-order valence-corrected chi connectivity index (χ4v) is 3.42. The lowest BCUT2D eigenvalue weighted by molar-refractivity contribution is 0.185. The summed E-state index contributed by atoms with van der Waals surface area (Å²) >= 11 is 0. The maximum atomic E-state index is 13.5. The SMILES string of the molecule is Cc1ccc(F)cc1C(CN)N(C)CC1CCCCC1. The zero-order chi connectivity index (χ0) is 14.5. The number of nitrogens with zero attached hydrogens (tertiary/aromatic N) is 1. The molecular formula is C17H27FN2. The molecule has 0 aliphatic heterocycles. The van der Waals surface area contributed by atoms with Crippen LogP contribution in [0, 0.1) is 18.7 Å². The molecule has 1 atom stereocenters. The number of benzene rings is 1. The van der Waals surface area contributed by atoms with E-state index in [-0.39, 0.29) is 11.9 Å². The van der Waals surface area contributed by atoms with Gasteiger partial charge in [-0.3, -0.25) is 4.90 Å². The smallest absolute Gasteiger partial charge is 0.123 e. The van der Waals surface area contributed by atoms with Crippen LogP contribution in [0.25, 0.3) is 0 Å². The van der Waals surface area contributed by atoms with Crippen molar-refractivity contribution in [2.45, 2.75) is 45.1 Å². The van der Waals surface area contributed by atoms with E-state index in [1.54, 1.807) is 6.07 Å². The van der Waals surface area contributed by atoms with Crippen LogP contribution >= 0.6 is 0 Å². The van der Waals surface area contributed by atoms with E-state index in [1.165, 1.54) is 38.2 Å². The van der Waals surface area contributed by atoms with Crippen molar-refractivity contribution < 1.29 is 4.39 Å². The van der Waals surface area contributed by atoms with Crippen LogP contribution in [-0.2, 0) is 0 Å². The highest BCUT2D eigenvalue weighted by atomic mass is 19.1. The second kappa shape index (κ2) is 7.19. The third-order valence-corrected chi connectivity index (χ3v) is 4.63. The van der Waals surface area contributed by atoms with Gasteiger partial charge in [-0.2, -0.15) is 0 Å². The van der Waals surface area contributed by atoms with E-state index in [0.717, 1.165) is 23.6 Å². The van der Waals surface area contributed by atoms with E-state index < -0.39 is 0 Å². The van der Waals surface area contributed by atoms with Gasteiger partial charge >= 0.3 is 0 Å². The number of rotatable bonds is 5. The fourth-order valence-electron chi connectivity index (χ4n) is 3.42. The molecule has 1 saturated carbocycles. The van der Waals surface area contributed by atoms with Gasteiger partial charge in [0, 0.05) is 19.1 Å². The molecule has 1 aromatic rings. The second-order valence-corrected chi connectivity index (χ2v) is 6.20. The lowest BCUT2D eigenvalue weighted by Crippen LogP contribution is -2.35. The van der Waals surface area contributed by atoms with Crippen molar-refractivity contribution >= 4 is 0 Å². The summed E-state index contributed by atoms with van der Waals surface area (Å²) in [5.74, 6) is 0.604. The van der Waals surface area contributed by atoms with Gasteiger partial charge < -0.3 is 5.73 Å². The van der Waals surface area contributed by atoms with Crippen LogP contribution in [0.4, 0.5) is 4.39 Å². The first kappa shape index (κ1) is 15.5. The van der Waals surface area contributed by atoms with Gasteiger partial charge in [-0.15, -0.1) is 0 Å². The molecule has 2 N–H and O–H groups in total. The van der Waals surface area contributed by atoms with E-state index in [9.17, 15) is 4.39 Å². The van der Waals surface area contributed by atoms with Gasteiger partial charge in [0.1, 0.15) is 5.82 Å². The summed E-state index contributed by atoms with van der Waals surface area (Å²) in [4.78, 5) is 2.32. The molecule has 20 heavy (non-hydrogen) atoms. The maximum absolute atomic E-state index is 13.5. The number of hydrogen-bond donors (Lipinski definition) is 1. The standard InChI is InChI=1S/C17H27FN2/c1-13-8-9-15(18)10-16(13)17(11-19)20(2)12-14-6-4-3-5-7-14/h8-10,14,17H,3-7,11-12,19H2,1-2H3. The fraction of sp³-hybridized carbons (Fsp3) is 0.647. The molecule has 0 spiro atoms. The van der Waals surface area contributed by atoms with Gasteiger partial charge in [0.25, 0.3) is 0 Å². The van der Waals surface area contributed by atoms with Gasteiger partial charge in [-0.1, -0.05) is 25.3 Å². The lowest BCUT2D eigenvalue weighted by Gasteiger charge is -2.33. The molecule has 0 saturated heterocycles. The minimum Gasteiger partial charge on any atom is -0.329 e. The van der Waals surface area contributed by atoms with E-state index in [4.69, 9.17) is 5.73 Å². The highest BCUT2D eigenvalue weighted by Crippen LogP contribution is 2.28. The van der Waals surface area contributed by atoms with E-state index in [1.807, 2.05) is 13.0 Å². The normalized spacial score (nSPS) is 18.4. The number of halogens is 1. The Hall–Kier alpha value is -0.930. The first-order valence-corrected chi connectivity index (χ1v) is 7.78. The molecule has 0 radical (unpaired) electrons. The van der Waals surface area contributed by atoms with Gasteiger partial charge in [0.2, 0.25) is 0 Å². The largest absolute Gasteiger partial charge is 0.329 e. The number of likely N-dealkylation sites (N-methyl/N-ethyl adjacent to an activating group) is 1. The van der Waals surface area contributed by atoms with Crippen LogP contribution in [-0.4, -0.2) is 25.0 Å². The molecule has 2 rings (SSSR count). The number of hydrogen-bond acceptors (Lipinski definition) is 2. The number of aryl methyl sites for hydroxylation is 1. The van der Waals surface area contributed by atoms with Crippen molar-refractivity contribution in [2.24, 2.45) is 11.7 Å². The molecule has 1 aliphatic rings. The van der Waals surface area contributed by atoms with Gasteiger partial charge in [0.05, 0.1) is 0 Å². The Bertz CT molecular complexity index is 427. The zero-order valence-electron chi connectivity index (χ0n) is 12.7. The van der Waals surface area contributed by atoms with Crippen molar-refractivity contribution in [3.8, 4) is 0 Å². The topological polar surface area (TPSA) is 29.3 Å². The van der Waals surface area contributed by atoms with Crippen molar-refractivity contribution in [3.63, 3.8) is 0 Å². The lowest BCUT2D eigenvalue weighted by atomic mass is 9.88. The Labute approximate surface area is 122 Å². The van der Waals surface area contributed by atoms with E-state index >= 15 is 0 Å². The molecule has 3 heteroatoms. The van der Waals surface area contributed by atoms with Crippen LogP contribution in [0.3, 0.4) is 0 Å². The Morgan fingerprint density at radius 1 is 1.30 bits per heavy atom. The van der Waals surface area contributed by atoms with Crippen molar-refractivity contribution in [3.05, 3.63) is 35.1 Å². The summed E-state index contributed by atoms with van der Waals surface area (Å²) in [5, 5.41) is 0. The first-order valence-electron chi connectivity index (χ1n) is 7.78. The minimum atomic E-state index is -0.171. The molecule has 2 nitrogen and oxygen atoms in total. The van der Waals surface area contributed by atoms with E-state index in [0.29, 0.717) is 6.54 Å². The van der Waals surface area contributed by atoms with Crippen molar-refractivity contribution in [1.29, 1.82) is 0 Å². The molecular weight excluding hydrogens is 251 g/mol. The first-order chi connectivity index (χ1) is 9.61. The molecule has 0 bridgehead atoms. The number of nitrogens with two attached hydrogens (primary N) is 1. The van der Waals surface area contributed by atoms with Crippen LogP contribution < -0.4 is 5.73 Å². The Balaban J connectivity index is 2.07. The quantitative estimate of drug-likeness (QED) is 0.891. The maximum Gasteiger partial charge on any atom is 0.123 e. The molecule has 0 amide bonds. The van der Waals surface area contributed by atoms with Crippen LogP contribution in [0.2, 0.25) is 0 Å². The van der Waals surface area contributed by atoms with Gasteiger partial charge in [-0.25, -0.2) is 4.39 Å². The summed E-state index contributed by atoms with van der Waals surface area (Å²) in [5.41, 5.74) is 8.12. The Kier molecular flexibility index (Phi) is 5.55. The molecule has 1 aliphatic carbocycles. The third-order valence-electron chi connectivity index (χ3n) is 4.63. The van der Waals surface area contributed by atoms with Gasteiger partial charge in [-0.05, 0) is 56.0 Å². The average molecular weight is 278 g/mol. The monoisotopic (exact) mass is 278 g/mol. The van der Waals surface area contributed by atoms with Crippen LogP contribution in [0.1, 0.15) is 49.3 Å². The summed E-state index contributed by atoms with van der Waals surface area (Å²) < 4.78 is 13.5. The Morgan fingerprint density at radius 3 is 2.65 bits per heavy atom. The zero-order valence-corrected chi connectivity index (χ0v) is 12.7. The minimum absolute atomic E-state index is 0.118.